The van der Waals surface area contributed by atoms with Crippen molar-refractivity contribution in [2.75, 3.05) is 13.2 Å². The Hall–Kier alpha value is -0.570. The first kappa shape index (κ1) is 11.9. The minimum Gasteiger partial charge on any atom is -0.395 e. The van der Waals surface area contributed by atoms with Gasteiger partial charge in [0.2, 0.25) is 0 Å². The molecular formula is C13H18ClNO. The molecule has 88 valence electrons. The summed E-state index contributed by atoms with van der Waals surface area (Å²) in [5.74, 6) is 0. The van der Waals surface area contributed by atoms with Crippen LogP contribution in [-0.2, 0) is 6.54 Å². The lowest BCUT2D eigenvalue weighted by Crippen LogP contribution is -2.41. The van der Waals surface area contributed by atoms with Crippen LogP contribution in [0.1, 0.15) is 24.8 Å². The zero-order valence-electron chi connectivity index (χ0n) is 9.40. The van der Waals surface area contributed by atoms with E-state index in [0.717, 1.165) is 24.5 Å². The lowest BCUT2D eigenvalue weighted by Gasteiger charge is -2.34. The van der Waals surface area contributed by atoms with Crippen LogP contribution in [0.4, 0.5) is 0 Å². The van der Waals surface area contributed by atoms with Crippen molar-refractivity contribution >= 4 is 11.6 Å². The van der Waals surface area contributed by atoms with Crippen LogP contribution in [0.5, 0.6) is 0 Å². The standard InChI is InChI=1S/C13H18ClNO/c14-12-5-3-4-11(8-12)9-15-7-2-1-6-13(15)10-16/h3-5,8,13,16H,1-2,6-7,9-10H2/t13-/m1/s1. The number of rotatable bonds is 3. The van der Waals surface area contributed by atoms with E-state index in [2.05, 4.69) is 11.0 Å². The molecule has 1 aromatic rings. The van der Waals surface area contributed by atoms with Crippen molar-refractivity contribution in [3.8, 4) is 0 Å². The van der Waals surface area contributed by atoms with E-state index in [9.17, 15) is 5.11 Å². The highest BCUT2D eigenvalue weighted by atomic mass is 35.5. The Labute approximate surface area is 102 Å². The molecule has 16 heavy (non-hydrogen) atoms. The minimum absolute atomic E-state index is 0.264. The first-order valence-electron chi connectivity index (χ1n) is 5.89. The minimum atomic E-state index is 0.264. The van der Waals surface area contributed by atoms with Crippen LogP contribution in [0.25, 0.3) is 0 Å². The van der Waals surface area contributed by atoms with Gasteiger partial charge in [0.15, 0.2) is 0 Å². The van der Waals surface area contributed by atoms with E-state index >= 15 is 0 Å². The molecule has 0 unspecified atom stereocenters. The largest absolute Gasteiger partial charge is 0.395 e. The average Bonchev–Trinajstić information content (AvgIpc) is 2.30. The lowest BCUT2D eigenvalue weighted by atomic mass is 10.0. The summed E-state index contributed by atoms with van der Waals surface area (Å²) in [6.07, 6.45) is 3.57. The van der Waals surface area contributed by atoms with Gasteiger partial charge in [0.05, 0.1) is 6.61 Å². The maximum absolute atomic E-state index is 9.33. The van der Waals surface area contributed by atoms with Crippen LogP contribution in [0, 0.1) is 0 Å². The Morgan fingerprint density at radius 3 is 3.00 bits per heavy atom. The van der Waals surface area contributed by atoms with Gasteiger partial charge in [-0.25, -0.2) is 0 Å². The molecule has 1 saturated heterocycles. The first-order chi connectivity index (χ1) is 7.79. The number of hydrogen-bond donors (Lipinski definition) is 1. The molecule has 0 amide bonds. The van der Waals surface area contributed by atoms with Gasteiger partial charge >= 0.3 is 0 Å². The van der Waals surface area contributed by atoms with Crippen LogP contribution < -0.4 is 0 Å². The Bertz CT molecular complexity index is 342. The summed E-state index contributed by atoms with van der Waals surface area (Å²) in [4.78, 5) is 2.36. The molecule has 0 spiro atoms. The molecule has 1 aromatic carbocycles. The molecule has 0 aromatic heterocycles. The second kappa shape index (κ2) is 5.67. The Morgan fingerprint density at radius 1 is 1.38 bits per heavy atom. The fourth-order valence-electron chi connectivity index (χ4n) is 2.34. The van der Waals surface area contributed by atoms with Gasteiger partial charge in [0, 0.05) is 17.6 Å². The van der Waals surface area contributed by atoms with Crippen LogP contribution in [0.2, 0.25) is 5.02 Å². The molecule has 2 rings (SSSR count). The van der Waals surface area contributed by atoms with Crippen LogP contribution in [0.15, 0.2) is 24.3 Å². The molecule has 3 heteroatoms. The van der Waals surface area contributed by atoms with Crippen LogP contribution >= 0.6 is 11.6 Å². The van der Waals surface area contributed by atoms with Gasteiger partial charge in [-0.2, -0.15) is 0 Å². The average molecular weight is 240 g/mol. The third-order valence-corrected chi connectivity index (χ3v) is 3.47. The lowest BCUT2D eigenvalue weighted by molar-refractivity contribution is 0.0841. The number of aliphatic hydroxyl groups is 1. The van der Waals surface area contributed by atoms with Crippen molar-refractivity contribution in [2.24, 2.45) is 0 Å². The Morgan fingerprint density at radius 2 is 2.25 bits per heavy atom. The summed E-state index contributed by atoms with van der Waals surface area (Å²) < 4.78 is 0. The van der Waals surface area contributed by atoms with E-state index in [-0.39, 0.29) is 6.61 Å². The summed E-state index contributed by atoms with van der Waals surface area (Å²) in [6.45, 7) is 2.24. The molecule has 2 nitrogen and oxygen atoms in total. The Kier molecular flexibility index (Phi) is 4.22. The zero-order valence-corrected chi connectivity index (χ0v) is 10.2. The van der Waals surface area contributed by atoms with E-state index in [1.54, 1.807) is 0 Å². The molecular weight excluding hydrogens is 222 g/mol. The van der Waals surface area contributed by atoms with Crippen molar-refractivity contribution in [3.63, 3.8) is 0 Å². The highest BCUT2D eigenvalue weighted by molar-refractivity contribution is 6.30. The van der Waals surface area contributed by atoms with Gasteiger partial charge < -0.3 is 5.11 Å². The molecule has 1 aliphatic rings. The summed E-state index contributed by atoms with van der Waals surface area (Å²) in [7, 11) is 0. The number of benzene rings is 1. The summed E-state index contributed by atoms with van der Waals surface area (Å²) in [5, 5.41) is 10.1. The zero-order chi connectivity index (χ0) is 11.4. The SMILES string of the molecule is OC[C@H]1CCCCN1Cc1cccc(Cl)c1. The van der Waals surface area contributed by atoms with E-state index in [1.165, 1.54) is 18.4 Å². The predicted octanol–water partition coefficient (Wildman–Crippen LogP) is 2.69. The number of hydrogen-bond acceptors (Lipinski definition) is 2. The normalized spacial score (nSPS) is 22.2. The monoisotopic (exact) mass is 239 g/mol. The summed E-state index contributed by atoms with van der Waals surface area (Å²) in [5.41, 5.74) is 1.23. The van der Waals surface area contributed by atoms with Crippen molar-refractivity contribution < 1.29 is 5.11 Å². The van der Waals surface area contributed by atoms with E-state index in [0.29, 0.717) is 6.04 Å². The smallest absolute Gasteiger partial charge is 0.0586 e. The van der Waals surface area contributed by atoms with Crippen LogP contribution in [-0.4, -0.2) is 29.2 Å². The van der Waals surface area contributed by atoms with E-state index < -0.39 is 0 Å². The molecule has 1 heterocycles. The highest BCUT2D eigenvalue weighted by Gasteiger charge is 2.21. The second-order valence-corrected chi connectivity index (χ2v) is 4.87. The maximum Gasteiger partial charge on any atom is 0.0586 e. The third kappa shape index (κ3) is 2.97. The quantitative estimate of drug-likeness (QED) is 0.877. The summed E-state index contributed by atoms with van der Waals surface area (Å²) >= 11 is 5.96. The van der Waals surface area contributed by atoms with Crippen LogP contribution in [0.3, 0.4) is 0 Å². The molecule has 1 N–H and O–H groups in total. The number of nitrogens with zero attached hydrogens (tertiary/aromatic N) is 1. The van der Waals surface area contributed by atoms with E-state index in [1.807, 2.05) is 18.2 Å². The Balaban J connectivity index is 2.02. The number of aliphatic hydroxyl groups excluding tert-OH is 1. The van der Waals surface area contributed by atoms with Crippen molar-refractivity contribution in [1.82, 2.24) is 4.90 Å². The molecule has 1 aliphatic heterocycles. The molecule has 1 atom stereocenters. The molecule has 0 radical (unpaired) electrons. The predicted molar refractivity (Wildman–Crippen MR) is 66.6 cm³/mol. The van der Waals surface area contributed by atoms with Gasteiger partial charge in [0.1, 0.15) is 0 Å². The number of halogens is 1. The number of likely N-dealkylation sites (tertiary alicyclic amines) is 1. The highest BCUT2D eigenvalue weighted by Crippen LogP contribution is 2.20. The van der Waals surface area contributed by atoms with Gasteiger partial charge in [-0.1, -0.05) is 30.2 Å². The second-order valence-electron chi connectivity index (χ2n) is 4.43. The fourth-order valence-corrected chi connectivity index (χ4v) is 2.56. The van der Waals surface area contributed by atoms with Crippen molar-refractivity contribution in [3.05, 3.63) is 34.9 Å². The van der Waals surface area contributed by atoms with E-state index in [4.69, 9.17) is 11.6 Å². The molecule has 1 fully saturated rings. The molecule has 0 saturated carbocycles. The number of piperidine rings is 1. The molecule has 0 bridgehead atoms. The van der Waals surface area contributed by atoms with Crippen molar-refractivity contribution in [1.29, 1.82) is 0 Å². The molecule has 0 aliphatic carbocycles. The summed E-state index contributed by atoms with van der Waals surface area (Å²) in [6, 6.07) is 8.30. The van der Waals surface area contributed by atoms with Gasteiger partial charge in [0.25, 0.3) is 0 Å². The third-order valence-electron chi connectivity index (χ3n) is 3.23. The van der Waals surface area contributed by atoms with Crippen molar-refractivity contribution in [2.45, 2.75) is 31.8 Å². The van der Waals surface area contributed by atoms with Gasteiger partial charge in [-0.15, -0.1) is 0 Å². The van der Waals surface area contributed by atoms with Gasteiger partial charge in [-0.3, -0.25) is 4.90 Å². The maximum atomic E-state index is 9.33. The fraction of sp³-hybridized carbons (Fsp3) is 0.538. The first-order valence-corrected chi connectivity index (χ1v) is 6.27. The van der Waals surface area contributed by atoms with Gasteiger partial charge in [-0.05, 0) is 37.1 Å². The topological polar surface area (TPSA) is 23.5 Å².